The summed E-state index contributed by atoms with van der Waals surface area (Å²) in [6.45, 7) is 2.11. The van der Waals surface area contributed by atoms with Gasteiger partial charge in [0.05, 0.1) is 0 Å². The van der Waals surface area contributed by atoms with Crippen LogP contribution in [0.25, 0.3) is 0 Å². The number of aliphatic carboxylic acids is 1. The van der Waals surface area contributed by atoms with E-state index in [1.54, 1.807) is 0 Å². The summed E-state index contributed by atoms with van der Waals surface area (Å²) >= 11 is 0. The van der Waals surface area contributed by atoms with Crippen LogP contribution in [0, 0.1) is 0 Å². The molecule has 2 heteroatoms. The number of benzene rings is 1. The molecule has 1 N–H and O–H groups in total. The van der Waals surface area contributed by atoms with Crippen molar-refractivity contribution in [3.05, 3.63) is 35.4 Å². The Labute approximate surface area is 115 Å². The van der Waals surface area contributed by atoms with Crippen LogP contribution in [0.4, 0.5) is 0 Å². The SMILES string of the molecule is CC(CCC(=O)O)c1ccc(C2CCCCC2)cc1. The zero-order valence-corrected chi connectivity index (χ0v) is 11.8. The van der Waals surface area contributed by atoms with E-state index in [0.717, 1.165) is 12.3 Å². The van der Waals surface area contributed by atoms with Crippen LogP contribution in [0.15, 0.2) is 24.3 Å². The highest BCUT2D eigenvalue weighted by atomic mass is 16.4. The molecule has 0 aromatic heterocycles. The van der Waals surface area contributed by atoms with E-state index in [1.165, 1.54) is 43.2 Å². The van der Waals surface area contributed by atoms with Crippen LogP contribution in [0.3, 0.4) is 0 Å². The molecule has 2 nitrogen and oxygen atoms in total. The Balaban J connectivity index is 1.95. The summed E-state index contributed by atoms with van der Waals surface area (Å²) in [6, 6.07) is 8.89. The van der Waals surface area contributed by atoms with Crippen LogP contribution < -0.4 is 0 Å². The lowest BCUT2D eigenvalue weighted by molar-refractivity contribution is -0.137. The number of rotatable bonds is 5. The normalized spacial score (nSPS) is 18.2. The second-order valence-electron chi connectivity index (χ2n) is 5.84. The minimum atomic E-state index is -0.703. The van der Waals surface area contributed by atoms with Gasteiger partial charge in [-0.25, -0.2) is 0 Å². The van der Waals surface area contributed by atoms with Crippen molar-refractivity contribution in [3.63, 3.8) is 0 Å². The molecule has 1 fully saturated rings. The molecule has 104 valence electrons. The van der Waals surface area contributed by atoms with Crippen molar-refractivity contribution < 1.29 is 9.90 Å². The summed E-state index contributed by atoms with van der Waals surface area (Å²) < 4.78 is 0. The van der Waals surface area contributed by atoms with Gasteiger partial charge in [0.15, 0.2) is 0 Å². The van der Waals surface area contributed by atoms with Gasteiger partial charge in [0.25, 0.3) is 0 Å². The minimum absolute atomic E-state index is 0.255. The second kappa shape index (κ2) is 6.74. The fourth-order valence-corrected chi connectivity index (χ4v) is 3.04. The summed E-state index contributed by atoms with van der Waals surface area (Å²) in [5.74, 6) is 0.374. The molecule has 0 spiro atoms. The Morgan fingerprint density at radius 1 is 1.21 bits per heavy atom. The Morgan fingerprint density at radius 2 is 1.84 bits per heavy atom. The molecule has 1 aliphatic rings. The quantitative estimate of drug-likeness (QED) is 0.833. The Morgan fingerprint density at radius 3 is 2.42 bits per heavy atom. The Bertz CT molecular complexity index is 402. The van der Waals surface area contributed by atoms with E-state index in [9.17, 15) is 4.79 Å². The number of carboxylic acids is 1. The van der Waals surface area contributed by atoms with Crippen LogP contribution in [0.2, 0.25) is 0 Å². The highest BCUT2D eigenvalue weighted by Crippen LogP contribution is 2.33. The van der Waals surface area contributed by atoms with E-state index >= 15 is 0 Å². The third kappa shape index (κ3) is 4.09. The summed E-state index contributed by atoms with van der Waals surface area (Å²) in [7, 11) is 0. The van der Waals surface area contributed by atoms with Gasteiger partial charge in [0.1, 0.15) is 0 Å². The van der Waals surface area contributed by atoms with Crippen molar-refractivity contribution in [1.82, 2.24) is 0 Å². The van der Waals surface area contributed by atoms with E-state index in [4.69, 9.17) is 5.11 Å². The van der Waals surface area contributed by atoms with Crippen molar-refractivity contribution in [2.75, 3.05) is 0 Å². The fourth-order valence-electron chi connectivity index (χ4n) is 3.04. The maximum Gasteiger partial charge on any atom is 0.303 e. The molecule has 1 aliphatic carbocycles. The van der Waals surface area contributed by atoms with Gasteiger partial charge in [0, 0.05) is 6.42 Å². The van der Waals surface area contributed by atoms with Gasteiger partial charge < -0.3 is 5.11 Å². The summed E-state index contributed by atoms with van der Waals surface area (Å²) in [6.07, 6.45) is 7.75. The molecule has 1 saturated carbocycles. The molecule has 0 saturated heterocycles. The first-order valence-corrected chi connectivity index (χ1v) is 7.48. The average molecular weight is 260 g/mol. The minimum Gasteiger partial charge on any atom is -0.481 e. The summed E-state index contributed by atoms with van der Waals surface area (Å²) in [4.78, 5) is 10.6. The van der Waals surface area contributed by atoms with Crippen molar-refractivity contribution in [1.29, 1.82) is 0 Å². The van der Waals surface area contributed by atoms with Crippen molar-refractivity contribution in [3.8, 4) is 0 Å². The summed E-state index contributed by atoms with van der Waals surface area (Å²) in [5.41, 5.74) is 2.73. The van der Waals surface area contributed by atoms with Gasteiger partial charge in [-0.3, -0.25) is 4.79 Å². The largest absolute Gasteiger partial charge is 0.481 e. The smallest absolute Gasteiger partial charge is 0.303 e. The highest BCUT2D eigenvalue weighted by molar-refractivity contribution is 5.66. The first kappa shape index (κ1) is 14.1. The molecule has 1 unspecified atom stereocenters. The van der Waals surface area contributed by atoms with Gasteiger partial charge in [-0.05, 0) is 42.2 Å². The molecule has 2 rings (SSSR count). The van der Waals surface area contributed by atoms with E-state index in [1.807, 2.05) is 0 Å². The first-order chi connectivity index (χ1) is 9.16. The molecule has 1 aromatic rings. The molecule has 0 amide bonds. The predicted molar refractivity (Wildman–Crippen MR) is 77.6 cm³/mol. The lowest BCUT2D eigenvalue weighted by atomic mass is 9.83. The standard InChI is InChI=1S/C17H24O2/c1-13(7-12-17(18)19)14-8-10-16(11-9-14)15-5-3-2-4-6-15/h8-11,13,15H,2-7,12H2,1H3,(H,18,19). The van der Waals surface area contributed by atoms with Gasteiger partial charge in [-0.15, -0.1) is 0 Å². The predicted octanol–water partition coefficient (Wildman–Crippen LogP) is 4.70. The van der Waals surface area contributed by atoms with E-state index in [0.29, 0.717) is 5.92 Å². The van der Waals surface area contributed by atoms with E-state index in [2.05, 4.69) is 31.2 Å². The zero-order chi connectivity index (χ0) is 13.7. The van der Waals surface area contributed by atoms with Crippen molar-refractivity contribution in [2.24, 2.45) is 0 Å². The van der Waals surface area contributed by atoms with Crippen molar-refractivity contribution >= 4 is 5.97 Å². The fraction of sp³-hybridized carbons (Fsp3) is 0.588. The number of hydrogen-bond acceptors (Lipinski definition) is 1. The topological polar surface area (TPSA) is 37.3 Å². The number of carboxylic acid groups (broad SMARTS) is 1. The molecule has 0 radical (unpaired) electrons. The first-order valence-electron chi connectivity index (χ1n) is 7.48. The molecule has 1 atom stereocenters. The molecule has 1 aromatic carbocycles. The van der Waals surface area contributed by atoms with Gasteiger partial charge in [0.2, 0.25) is 0 Å². The molecular weight excluding hydrogens is 236 g/mol. The number of hydrogen-bond donors (Lipinski definition) is 1. The van der Waals surface area contributed by atoms with Crippen LogP contribution >= 0.6 is 0 Å². The Hall–Kier alpha value is -1.31. The van der Waals surface area contributed by atoms with E-state index < -0.39 is 5.97 Å². The van der Waals surface area contributed by atoms with Gasteiger partial charge in [-0.2, -0.15) is 0 Å². The molecule has 19 heavy (non-hydrogen) atoms. The second-order valence-corrected chi connectivity index (χ2v) is 5.84. The Kier molecular flexibility index (Phi) is 5.00. The van der Waals surface area contributed by atoms with Crippen LogP contribution in [0.5, 0.6) is 0 Å². The zero-order valence-electron chi connectivity index (χ0n) is 11.8. The number of carbonyl (C=O) groups is 1. The monoisotopic (exact) mass is 260 g/mol. The molecule has 0 heterocycles. The third-order valence-corrected chi connectivity index (χ3v) is 4.37. The summed E-state index contributed by atoms with van der Waals surface area (Å²) in [5, 5.41) is 8.72. The third-order valence-electron chi connectivity index (χ3n) is 4.37. The maximum absolute atomic E-state index is 10.6. The molecule has 0 aliphatic heterocycles. The van der Waals surface area contributed by atoms with E-state index in [-0.39, 0.29) is 6.42 Å². The van der Waals surface area contributed by atoms with Crippen molar-refractivity contribution in [2.45, 2.75) is 63.7 Å². The maximum atomic E-state index is 10.6. The van der Waals surface area contributed by atoms with Gasteiger partial charge >= 0.3 is 5.97 Å². The lowest BCUT2D eigenvalue weighted by Gasteiger charge is -2.22. The molecular formula is C17H24O2. The molecule has 0 bridgehead atoms. The van der Waals surface area contributed by atoms with Gasteiger partial charge in [-0.1, -0.05) is 50.5 Å². The van der Waals surface area contributed by atoms with Crippen LogP contribution in [0.1, 0.15) is 74.8 Å². The lowest BCUT2D eigenvalue weighted by Crippen LogP contribution is -2.05. The highest BCUT2D eigenvalue weighted by Gasteiger charge is 2.15. The van der Waals surface area contributed by atoms with Crippen LogP contribution in [-0.4, -0.2) is 11.1 Å². The average Bonchev–Trinajstić information content (AvgIpc) is 2.46. The van der Waals surface area contributed by atoms with Crippen LogP contribution in [-0.2, 0) is 4.79 Å².